The summed E-state index contributed by atoms with van der Waals surface area (Å²) in [5.74, 6) is 0. The lowest BCUT2D eigenvalue weighted by Crippen LogP contribution is -2.53. The number of hydrogen-bond acceptors (Lipinski definition) is 6. The molecule has 0 bridgehead atoms. The fraction of sp³-hybridized carbons (Fsp3) is 0.562. The molecular formula is C32H48N2O6. The van der Waals surface area contributed by atoms with E-state index in [-0.39, 0.29) is 0 Å². The number of carbonyl (C=O) groups is 2. The number of rotatable bonds is 15. The number of nitrogens with one attached hydrogen (secondary N) is 2. The molecule has 2 aromatic rings. The molecule has 8 nitrogen and oxygen atoms in total. The molecular weight excluding hydrogens is 508 g/mol. The van der Waals surface area contributed by atoms with Gasteiger partial charge in [-0.1, -0.05) is 60.7 Å². The van der Waals surface area contributed by atoms with Crippen LogP contribution in [0.4, 0.5) is 9.59 Å². The monoisotopic (exact) mass is 556 g/mol. The number of amides is 2. The van der Waals surface area contributed by atoms with E-state index in [0.717, 1.165) is 11.1 Å². The quantitative estimate of drug-likeness (QED) is 0.235. The topological polar surface area (TPSA) is 95.1 Å². The Morgan fingerprint density at radius 1 is 0.625 bits per heavy atom. The van der Waals surface area contributed by atoms with Gasteiger partial charge in [-0.25, -0.2) is 9.59 Å². The second kappa shape index (κ2) is 16.9. The lowest BCUT2D eigenvalue weighted by molar-refractivity contribution is 0.0406. The van der Waals surface area contributed by atoms with E-state index >= 15 is 0 Å². The van der Waals surface area contributed by atoms with Crippen molar-refractivity contribution in [1.29, 1.82) is 0 Å². The van der Waals surface area contributed by atoms with Crippen LogP contribution in [-0.2, 0) is 32.2 Å². The van der Waals surface area contributed by atoms with E-state index in [2.05, 4.69) is 10.6 Å². The molecule has 0 aromatic heterocycles. The normalized spacial score (nSPS) is 13.2. The molecule has 2 rings (SSSR count). The van der Waals surface area contributed by atoms with E-state index < -0.39 is 35.5 Å². The molecule has 2 atom stereocenters. The van der Waals surface area contributed by atoms with Crippen molar-refractivity contribution in [2.24, 2.45) is 0 Å². The Morgan fingerprint density at radius 2 is 0.975 bits per heavy atom. The minimum absolute atomic E-state index is 0.392. The molecule has 8 heteroatoms. The van der Waals surface area contributed by atoms with Gasteiger partial charge in [-0.3, -0.25) is 0 Å². The molecule has 2 amide bonds. The highest BCUT2D eigenvalue weighted by Gasteiger charge is 2.28. The van der Waals surface area contributed by atoms with Crippen LogP contribution in [0.15, 0.2) is 60.7 Å². The van der Waals surface area contributed by atoms with Gasteiger partial charge in [0.15, 0.2) is 0 Å². The van der Waals surface area contributed by atoms with Gasteiger partial charge in [0, 0.05) is 13.2 Å². The smallest absolute Gasteiger partial charge is 0.407 e. The first kappa shape index (κ1) is 33.1. The summed E-state index contributed by atoms with van der Waals surface area (Å²) in [5, 5.41) is 5.98. The lowest BCUT2D eigenvalue weighted by Gasteiger charge is -2.31. The zero-order valence-corrected chi connectivity index (χ0v) is 25.0. The molecule has 222 valence electrons. The van der Waals surface area contributed by atoms with Crippen LogP contribution in [0.5, 0.6) is 0 Å². The molecule has 2 N–H and O–H groups in total. The Morgan fingerprint density at radius 3 is 1.30 bits per heavy atom. The average Bonchev–Trinajstić information content (AvgIpc) is 2.86. The second-order valence-corrected chi connectivity index (χ2v) is 11.9. The lowest BCUT2D eigenvalue weighted by atomic mass is 9.98. The van der Waals surface area contributed by atoms with E-state index in [1.165, 1.54) is 0 Å². The van der Waals surface area contributed by atoms with Gasteiger partial charge >= 0.3 is 12.2 Å². The van der Waals surface area contributed by atoms with E-state index in [1.807, 2.05) is 102 Å². The van der Waals surface area contributed by atoms with Crippen LogP contribution < -0.4 is 10.6 Å². The molecule has 0 saturated carbocycles. The first-order valence-corrected chi connectivity index (χ1v) is 14.1. The first-order valence-electron chi connectivity index (χ1n) is 14.1. The summed E-state index contributed by atoms with van der Waals surface area (Å²) in [6.07, 6.45) is 1.48. The summed E-state index contributed by atoms with van der Waals surface area (Å²) in [7, 11) is 0. The molecule has 0 unspecified atom stereocenters. The van der Waals surface area contributed by atoms with Crippen molar-refractivity contribution < 1.29 is 28.5 Å². The largest absolute Gasteiger partial charge is 0.444 e. The maximum atomic E-state index is 12.8. The van der Waals surface area contributed by atoms with Crippen molar-refractivity contribution in [2.75, 3.05) is 13.2 Å². The van der Waals surface area contributed by atoms with Crippen molar-refractivity contribution in [3.8, 4) is 0 Å². The van der Waals surface area contributed by atoms with Crippen LogP contribution in [0.25, 0.3) is 0 Å². The molecule has 2 aromatic carbocycles. The molecule has 0 fully saturated rings. The number of benzene rings is 2. The third kappa shape index (κ3) is 15.5. The minimum Gasteiger partial charge on any atom is -0.444 e. The fourth-order valence-corrected chi connectivity index (χ4v) is 4.00. The SMILES string of the molecule is CC(C)(C)OC(=O)N[C@@H](CCCOCc1ccccc1)[C@H](CCCOCc1ccccc1)NC(=O)OC(C)(C)C. The van der Waals surface area contributed by atoms with E-state index in [9.17, 15) is 9.59 Å². The Bertz CT molecular complexity index is 904. The van der Waals surface area contributed by atoms with E-state index in [1.54, 1.807) is 0 Å². The van der Waals surface area contributed by atoms with Gasteiger partial charge in [-0.15, -0.1) is 0 Å². The van der Waals surface area contributed by atoms with Crippen molar-refractivity contribution in [3.63, 3.8) is 0 Å². The number of carbonyl (C=O) groups excluding carboxylic acids is 2. The number of alkyl carbamates (subject to hydrolysis) is 2. The Labute approximate surface area is 240 Å². The van der Waals surface area contributed by atoms with Gasteiger partial charge in [0.25, 0.3) is 0 Å². The van der Waals surface area contributed by atoms with Gasteiger partial charge in [0.05, 0.1) is 25.3 Å². The predicted molar refractivity (Wildman–Crippen MR) is 157 cm³/mol. The van der Waals surface area contributed by atoms with Crippen molar-refractivity contribution in [3.05, 3.63) is 71.8 Å². The van der Waals surface area contributed by atoms with Crippen LogP contribution in [0, 0.1) is 0 Å². The maximum Gasteiger partial charge on any atom is 0.407 e. The number of hydrogen-bond donors (Lipinski definition) is 2. The highest BCUT2D eigenvalue weighted by Crippen LogP contribution is 2.15. The zero-order valence-electron chi connectivity index (χ0n) is 25.0. The Kier molecular flexibility index (Phi) is 14.0. The Hall–Kier alpha value is -3.10. The number of ether oxygens (including phenoxy) is 4. The zero-order chi connectivity index (χ0) is 29.4. The standard InChI is InChI=1S/C32H48N2O6/c1-31(2,3)39-29(35)33-27(19-13-21-37-23-25-15-9-7-10-16-25)28(34-30(36)40-32(4,5)6)20-14-22-38-24-26-17-11-8-12-18-26/h7-12,15-18,27-28H,13-14,19-24H2,1-6H3,(H,33,35)(H,34,36)/t27-,28-/m0/s1. The maximum absolute atomic E-state index is 12.8. The molecule has 0 saturated heterocycles. The van der Waals surface area contributed by atoms with Crippen LogP contribution >= 0.6 is 0 Å². The molecule has 0 heterocycles. The average molecular weight is 557 g/mol. The molecule has 0 spiro atoms. The summed E-state index contributed by atoms with van der Waals surface area (Å²) in [4.78, 5) is 25.5. The molecule has 0 aliphatic heterocycles. The van der Waals surface area contributed by atoms with Crippen LogP contribution in [0.1, 0.15) is 78.4 Å². The highest BCUT2D eigenvalue weighted by atomic mass is 16.6. The van der Waals surface area contributed by atoms with Gasteiger partial charge < -0.3 is 29.6 Å². The van der Waals surface area contributed by atoms with Crippen LogP contribution in [-0.4, -0.2) is 48.7 Å². The molecule has 0 aliphatic carbocycles. The summed E-state index contributed by atoms with van der Waals surface area (Å²) in [6, 6.07) is 19.2. The summed E-state index contributed by atoms with van der Waals surface area (Å²) >= 11 is 0. The molecule has 40 heavy (non-hydrogen) atoms. The second-order valence-electron chi connectivity index (χ2n) is 11.9. The summed E-state index contributed by atoms with van der Waals surface area (Å²) in [5.41, 5.74) is 0.913. The predicted octanol–water partition coefficient (Wildman–Crippen LogP) is 6.77. The van der Waals surface area contributed by atoms with Crippen molar-refractivity contribution in [2.45, 2.75) is 104 Å². The van der Waals surface area contributed by atoms with E-state index in [0.29, 0.717) is 52.1 Å². The van der Waals surface area contributed by atoms with Gasteiger partial charge in [0.2, 0.25) is 0 Å². The Balaban J connectivity index is 2.02. The van der Waals surface area contributed by atoms with Crippen LogP contribution in [0.3, 0.4) is 0 Å². The van der Waals surface area contributed by atoms with Crippen LogP contribution in [0.2, 0.25) is 0 Å². The highest BCUT2D eigenvalue weighted by molar-refractivity contribution is 5.70. The summed E-state index contributed by atoms with van der Waals surface area (Å²) < 4.78 is 22.8. The third-order valence-corrected chi connectivity index (χ3v) is 5.72. The summed E-state index contributed by atoms with van der Waals surface area (Å²) in [6.45, 7) is 13.0. The third-order valence-electron chi connectivity index (χ3n) is 5.72. The molecule has 0 aliphatic rings. The van der Waals surface area contributed by atoms with Gasteiger partial charge in [0.1, 0.15) is 11.2 Å². The fourth-order valence-electron chi connectivity index (χ4n) is 4.00. The van der Waals surface area contributed by atoms with Gasteiger partial charge in [-0.2, -0.15) is 0 Å². The van der Waals surface area contributed by atoms with E-state index in [4.69, 9.17) is 18.9 Å². The van der Waals surface area contributed by atoms with Crippen molar-refractivity contribution >= 4 is 12.2 Å². The first-order chi connectivity index (χ1) is 18.9. The van der Waals surface area contributed by atoms with Crippen molar-refractivity contribution in [1.82, 2.24) is 10.6 Å². The minimum atomic E-state index is -0.646. The van der Waals surface area contributed by atoms with Gasteiger partial charge in [-0.05, 0) is 78.4 Å². The molecule has 0 radical (unpaired) electrons.